The van der Waals surface area contributed by atoms with Gasteiger partial charge in [0.25, 0.3) is 0 Å². The molecule has 0 heterocycles. The molecular formula is C11H16BrNS. The number of nitrogens with two attached hydrogens (primary N) is 1. The van der Waals surface area contributed by atoms with Crippen LogP contribution in [-0.4, -0.2) is 12.3 Å². The van der Waals surface area contributed by atoms with Gasteiger partial charge in [-0.15, -0.1) is 0 Å². The summed E-state index contributed by atoms with van der Waals surface area (Å²) in [7, 11) is 0. The van der Waals surface area contributed by atoms with Crippen molar-refractivity contribution < 1.29 is 0 Å². The first-order valence-corrected chi connectivity index (χ1v) is 6.69. The van der Waals surface area contributed by atoms with Crippen LogP contribution in [-0.2, 0) is 5.75 Å². The van der Waals surface area contributed by atoms with Crippen LogP contribution in [0.1, 0.15) is 12.5 Å². The molecule has 0 radical (unpaired) electrons. The predicted octanol–water partition coefficient (Wildman–Crippen LogP) is 3.28. The van der Waals surface area contributed by atoms with E-state index in [0.29, 0.717) is 5.92 Å². The van der Waals surface area contributed by atoms with Gasteiger partial charge in [-0.1, -0.05) is 35.0 Å². The standard InChI is InChI=1S/C11H16BrNS/c1-9(6-13)7-14-8-10-3-2-4-11(12)5-10/h2-5,9H,6-8,13H2,1H3. The lowest BCUT2D eigenvalue weighted by Crippen LogP contribution is -2.12. The van der Waals surface area contributed by atoms with Crippen molar-refractivity contribution in [2.45, 2.75) is 12.7 Å². The first-order chi connectivity index (χ1) is 6.72. The van der Waals surface area contributed by atoms with Gasteiger partial charge in [0.2, 0.25) is 0 Å². The summed E-state index contributed by atoms with van der Waals surface area (Å²) in [4.78, 5) is 0. The zero-order valence-corrected chi connectivity index (χ0v) is 10.8. The Labute approximate surface area is 98.6 Å². The van der Waals surface area contributed by atoms with E-state index in [0.717, 1.165) is 22.5 Å². The second kappa shape index (κ2) is 6.49. The lowest BCUT2D eigenvalue weighted by molar-refractivity contribution is 0.675. The van der Waals surface area contributed by atoms with Gasteiger partial charge in [0.05, 0.1) is 0 Å². The Morgan fingerprint density at radius 3 is 2.93 bits per heavy atom. The van der Waals surface area contributed by atoms with Gasteiger partial charge in [-0.25, -0.2) is 0 Å². The van der Waals surface area contributed by atoms with E-state index in [1.54, 1.807) is 0 Å². The lowest BCUT2D eigenvalue weighted by atomic mass is 10.2. The maximum absolute atomic E-state index is 5.55. The highest BCUT2D eigenvalue weighted by Gasteiger charge is 1.99. The molecular weight excluding hydrogens is 258 g/mol. The Balaban J connectivity index is 2.31. The Hall–Kier alpha value is 0.01000. The maximum atomic E-state index is 5.55. The summed E-state index contributed by atoms with van der Waals surface area (Å²) in [5, 5.41) is 0. The van der Waals surface area contributed by atoms with E-state index in [2.05, 4.69) is 47.1 Å². The third-order valence-electron chi connectivity index (χ3n) is 1.96. The van der Waals surface area contributed by atoms with Gasteiger partial charge in [0.15, 0.2) is 0 Å². The topological polar surface area (TPSA) is 26.0 Å². The minimum absolute atomic E-state index is 0.618. The number of halogens is 1. The van der Waals surface area contributed by atoms with Crippen molar-refractivity contribution >= 4 is 27.7 Å². The second-order valence-corrected chi connectivity index (χ2v) is 5.43. The summed E-state index contributed by atoms with van der Waals surface area (Å²) >= 11 is 5.41. The number of hydrogen-bond acceptors (Lipinski definition) is 2. The molecule has 14 heavy (non-hydrogen) atoms. The van der Waals surface area contributed by atoms with Gasteiger partial charge in [-0.05, 0) is 35.9 Å². The number of thioether (sulfide) groups is 1. The third kappa shape index (κ3) is 4.49. The van der Waals surface area contributed by atoms with Gasteiger partial charge in [0, 0.05) is 10.2 Å². The third-order valence-corrected chi connectivity index (χ3v) is 3.80. The monoisotopic (exact) mass is 273 g/mol. The number of hydrogen-bond donors (Lipinski definition) is 1. The van der Waals surface area contributed by atoms with Crippen LogP contribution in [0.4, 0.5) is 0 Å². The SMILES string of the molecule is CC(CN)CSCc1cccc(Br)c1. The zero-order chi connectivity index (χ0) is 10.4. The molecule has 1 unspecified atom stereocenters. The molecule has 1 aromatic carbocycles. The van der Waals surface area contributed by atoms with Crippen molar-refractivity contribution in [3.63, 3.8) is 0 Å². The van der Waals surface area contributed by atoms with E-state index < -0.39 is 0 Å². The van der Waals surface area contributed by atoms with Crippen molar-refractivity contribution in [3.8, 4) is 0 Å². The quantitative estimate of drug-likeness (QED) is 0.891. The molecule has 1 nitrogen and oxygen atoms in total. The molecule has 0 fully saturated rings. The lowest BCUT2D eigenvalue weighted by Gasteiger charge is -2.07. The zero-order valence-electron chi connectivity index (χ0n) is 8.37. The van der Waals surface area contributed by atoms with Crippen molar-refractivity contribution in [2.24, 2.45) is 11.7 Å². The number of benzene rings is 1. The molecule has 2 N–H and O–H groups in total. The predicted molar refractivity (Wildman–Crippen MR) is 68.5 cm³/mol. The van der Waals surface area contributed by atoms with Gasteiger partial charge >= 0.3 is 0 Å². The molecule has 1 atom stereocenters. The molecule has 0 spiro atoms. The average molecular weight is 274 g/mol. The summed E-state index contributed by atoms with van der Waals surface area (Å²) in [5.74, 6) is 2.83. The van der Waals surface area contributed by atoms with Gasteiger partial charge < -0.3 is 5.73 Å². The van der Waals surface area contributed by atoms with Crippen LogP contribution < -0.4 is 5.73 Å². The maximum Gasteiger partial charge on any atom is 0.0185 e. The summed E-state index contributed by atoms with van der Waals surface area (Å²) in [6.07, 6.45) is 0. The largest absolute Gasteiger partial charge is 0.330 e. The number of rotatable bonds is 5. The molecule has 1 aromatic rings. The smallest absolute Gasteiger partial charge is 0.0185 e. The molecule has 0 saturated carbocycles. The molecule has 0 bridgehead atoms. The molecule has 1 rings (SSSR count). The Morgan fingerprint density at radius 2 is 2.29 bits per heavy atom. The Morgan fingerprint density at radius 1 is 1.50 bits per heavy atom. The minimum atomic E-state index is 0.618. The van der Waals surface area contributed by atoms with Crippen LogP contribution >= 0.6 is 27.7 Å². The van der Waals surface area contributed by atoms with Crippen LogP contribution in [0.15, 0.2) is 28.7 Å². The van der Waals surface area contributed by atoms with Crippen LogP contribution in [0.25, 0.3) is 0 Å². The summed E-state index contributed by atoms with van der Waals surface area (Å²) < 4.78 is 1.16. The molecule has 78 valence electrons. The average Bonchev–Trinajstić information content (AvgIpc) is 2.17. The van der Waals surface area contributed by atoms with Crippen molar-refractivity contribution in [3.05, 3.63) is 34.3 Å². The minimum Gasteiger partial charge on any atom is -0.330 e. The molecule has 0 aromatic heterocycles. The Bertz CT molecular complexity index is 278. The molecule has 0 saturated heterocycles. The van der Waals surface area contributed by atoms with Crippen LogP contribution in [0.2, 0.25) is 0 Å². The normalized spacial score (nSPS) is 12.8. The fourth-order valence-corrected chi connectivity index (χ4v) is 2.59. The van der Waals surface area contributed by atoms with E-state index in [1.807, 2.05) is 11.8 Å². The highest BCUT2D eigenvalue weighted by Crippen LogP contribution is 2.18. The molecule has 3 heteroatoms. The van der Waals surface area contributed by atoms with Crippen molar-refractivity contribution in [1.82, 2.24) is 0 Å². The highest BCUT2D eigenvalue weighted by molar-refractivity contribution is 9.10. The van der Waals surface area contributed by atoms with E-state index in [1.165, 1.54) is 5.56 Å². The van der Waals surface area contributed by atoms with E-state index in [4.69, 9.17) is 5.73 Å². The summed E-state index contributed by atoms with van der Waals surface area (Å²) in [5.41, 5.74) is 6.92. The van der Waals surface area contributed by atoms with Gasteiger partial charge in [-0.2, -0.15) is 11.8 Å². The van der Waals surface area contributed by atoms with Crippen LogP contribution in [0.5, 0.6) is 0 Å². The van der Waals surface area contributed by atoms with E-state index in [9.17, 15) is 0 Å². The molecule has 0 aliphatic carbocycles. The van der Waals surface area contributed by atoms with E-state index in [-0.39, 0.29) is 0 Å². The highest BCUT2D eigenvalue weighted by atomic mass is 79.9. The molecule has 0 aliphatic rings. The molecule has 0 amide bonds. The van der Waals surface area contributed by atoms with Gasteiger partial charge in [0.1, 0.15) is 0 Å². The van der Waals surface area contributed by atoms with Crippen molar-refractivity contribution in [2.75, 3.05) is 12.3 Å². The van der Waals surface area contributed by atoms with Crippen LogP contribution in [0.3, 0.4) is 0 Å². The fourth-order valence-electron chi connectivity index (χ4n) is 1.07. The second-order valence-electron chi connectivity index (χ2n) is 3.49. The van der Waals surface area contributed by atoms with E-state index >= 15 is 0 Å². The first kappa shape index (κ1) is 12.1. The van der Waals surface area contributed by atoms with Crippen LogP contribution in [0, 0.1) is 5.92 Å². The van der Waals surface area contributed by atoms with Crippen molar-refractivity contribution in [1.29, 1.82) is 0 Å². The summed E-state index contributed by atoms with van der Waals surface area (Å²) in [6, 6.07) is 8.45. The first-order valence-electron chi connectivity index (χ1n) is 4.74. The Kier molecular flexibility index (Phi) is 5.60. The van der Waals surface area contributed by atoms with Gasteiger partial charge in [-0.3, -0.25) is 0 Å². The molecule has 0 aliphatic heterocycles. The fraction of sp³-hybridized carbons (Fsp3) is 0.455. The summed E-state index contributed by atoms with van der Waals surface area (Å²) in [6.45, 7) is 2.97.